The summed E-state index contributed by atoms with van der Waals surface area (Å²) < 4.78 is 18.5. The first-order valence-electron chi connectivity index (χ1n) is 11.8. The topological polar surface area (TPSA) is 111 Å². The summed E-state index contributed by atoms with van der Waals surface area (Å²) in [5.74, 6) is 0.809. The molecular formula is C25H27N5O4S2. The van der Waals surface area contributed by atoms with E-state index in [2.05, 4.69) is 32.0 Å². The number of nitrogens with zero attached hydrogens (tertiary/aromatic N) is 3. The van der Waals surface area contributed by atoms with E-state index < -0.39 is 6.09 Å². The van der Waals surface area contributed by atoms with Crippen molar-refractivity contribution in [3.63, 3.8) is 0 Å². The van der Waals surface area contributed by atoms with Gasteiger partial charge in [0, 0.05) is 20.9 Å². The van der Waals surface area contributed by atoms with Gasteiger partial charge in [0.2, 0.25) is 5.06 Å². The Balaban J connectivity index is 1.41. The first kappa shape index (κ1) is 24.5. The van der Waals surface area contributed by atoms with Crippen molar-refractivity contribution >= 4 is 45.2 Å². The highest BCUT2D eigenvalue weighted by atomic mass is 32.2. The molecule has 5 rings (SSSR count). The molecule has 1 aliphatic rings. The number of carbonyl (C=O) groups excluding carboxylic acids is 1. The average Bonchev–Trinajstić information content (AvgIpc) is 3.52. The number of aromatic amines is 1. The smallest absolute Gasteiger partial charge is 0.420 e. The van der Waals surface area contributed by atoms with Crippen LogP contribution in [0.2, 0.25) is 0 Å². The highest BCUT2D eigenvalue weighted by molar-refractivity contribution is 8.00. The van der Waals surface area contributed by atoms with Crippen LogP contribution in [0, 0.1) is 0 Å². The lowest BCUT2D eigenvalue weighted by Crippen LogP contribution is -2.17. The van der Waals surface area contributed by atoms with Gasteiger partial charge in [-0.05, 0) is 35.8 Å². The second kappa shape index (κ2) is 11.7. The zero-order chi connectivity index (χ0) is 24.7. The number of aromatic nitrogens is 4. The monoisotopic (exact) mass is 525 g/mol. The number of hydrogen-bond donors (Lipinski definition) is 2. The molecule has 0 bridgehead atoms. The largest absolute Gasteiger partial charge is 0.496 e. The molecule has 11 heteroatoms. The van der Waals surface area contributed by atoms with Crippen LogP contribution in [0.15, 0.2) is 47.4 Å². The minimum Gasteiger partial charge on any atom is -0.496 e. The maximum absolute atomic E-state index is 12.6. The van der Waals surface area contributed by atoms with Crippen molar-refractivity contribution in [3.8, 4) is 10.8 Å². The number of anilines is 1. The number of thioether (sulfide) groups is 1. The Morgan fingerprint density at radius 3 is 2.75 bits per heavy atom. The second-order valence-electron chi connectivity index (χ2n) is 8.49. The van der Waals surface area contributed by atoms with Crippen molar-refractivity contribution in [2.75, 3.05) is 12.4 Å². The molecular weight excluding hydrogens is 498 g/mol. The molecule has 2 aromatic carbocycles. The van der Waals surface area contributed by atoms with Crippen LogP contribution in [0.1, 0.15) is 43.2 Å². The van der Waals surface area contributed by atoms with E-state index in [1.807, 2.05) is 36.4 Å². The summed E-state index contributed by atoms with van der Waals surface area (Å²) in [6.07, 6.45) is 5.36. The predicted octanol–water partition coefficient (Wildman–Crippen LogP) is 6.18. The maximum atomic E-state index is 12.6. The van der Waals surface area contributed by atoms with E-state index in [9.17, 15) is 4.79 Å². The summed E-state index contributed by atoms with van der Waals surface area (Å²) in [4.78, 5) is 13.5. The number of rotatable bonds is 9. The third kappa shape index (κ3) is 5.97. The fourth-order valence-electron chi connectivity index (χ4n) is 4.22. The van der Waals surface area contributed by atoms with Gasteiger partial charge in [-0.25, -0.2) is 4.79 Å². The number of benzene rings is 2. The van der Waals surface area contributed by atoms with Crippen LogP contribution in [0.3, 0.4) is 0 Å². The van der Waals surface area contributed by atoms with Gasteiger partial charge in [-0.1, -0.05) is 66.0 Å². The highest BCUT2D eigenvalue weighted by Crippen LogP contribution is 2.49. The van der Waals surface area contributed by atoms with Gasteiger partial charge < -0.3 is 14.2 Å². The molecule has 2 N–H and O–H groups in total. The van der Waals surface area contributed by atoms with E-state index in [1.165, 1.54) is 30.6 Å². The molecule has 0 aliphatic heterocycles. The van der Waals surface area contributed by atoms with Crippen LogP contribution in [-0.2, 0) is 18.0 Å². The van der Waals surface area contributed by atoms with Crippen molar-refractivity contribution in [1.29, 1.82) is 0 Å². The third-order valence-corrected chi connectivity index (χ3v) is 8.57. The van der Waals surface area contributed by atoms with Gasteiger partial charge in [0.1, 0.15) is 5.75 Å². The molecule has 188 valence electrons. The fraction of sp³-hybridized carbons (Fsp3) is 0.360. The number of hydrogen-bond acceptors (Lipinski definition) is 9. The van der Waals surface area contributed by atoms with E-state index in [0.717, 1.165) is 44.7 Å². The molecule has 0 radical (unpaired) electrons. The van der Waals surface area contributed by atoms with Crippen LogP contribution in [0.5, 0.6) is 10.8 Å². The molecule has 1 fully saturated rings. The van der Waals surface area contributed by atoms with E-state index in [0.29, 0.717) is 23.5 Å². The minimum atomic E-state index is -0.660. The van der Waals surface area contributed by atoms with Crippen molar-refractivity contribution in [2.45, 2.75) is 55.5 Å². The van der Waals surface area contributed by atoms with Crippen LogP contribution in [0.25, 0.3) is 10.1 Å². The predicted molar refractivity (Wildman–Crippen MR) is 140 cm³/mol. The zero-order valence-electron chi connectivity index (χ0n) is 19.9. The minimum absolute atomic E-state index is 0.0575. The Labute approximate surface area is 216 Å². The molecule has 0 spiro atoms. The maximum Gasteiger partial charge on any atom is 0.420 e. The summed E-state index contributed by atoms with van der Waals surface area (Å²) in [6.45, 7) is 0.922. The number of carbonyl (C=O) groups is 1. The Morgan fingerprint density at radius 1 is 1.17 bits per heavy atom. The average molecular weight is 526 g/mol. The second-order valence-corrected chi connectivity index (χ2v) is 10.8. The molecule has 9 nitrogen and oxygen atoms in total. The lowest BCUT2D eigenvalue weighted by molar-refractivity contribution is 0.105. The van der Waals surface area contributed by atoms with Gasteiger partial charge >= 0.3 is 6.09 Å². The number of nitrogens with one attached hydrogen (secondary N) is 2. The van der Waals surface area contributed by atoms with E-state index in [1.54, 1.807) is 18.9 Å². The van der Waals surface area contributed by atoms with E-state index in [4.69, 9.17) is 14.2 Å². The van der Waals surface area contributed by atoms with Gasteiger partial charge in [-0.2, -0.15) is 5.21 Å². The number of amides is 1. The van der Waals surface area contributed by atoms with Crippen LogP contribution in [0.4, 0.5) is 10.7 Å². The lowest BCUT2D eigenvalue weighted by atomic mass is 10.0. The Bertz CT molecular complexity index is 1290. The zero-order valence-corrected chi connectivity index (χ0v) is 21.5. The van der Waals surface area contributed by atoms with Crippen molar-refractivity contribution in [2.24, 2.45) is 0 Å². The van der Waals surface area contributed by atoms with Crippen molar-refractivity contribution in [1.82, 2.24) is 20.6 Å². The third-order valence-electron chi connectivity index (χ3n) is 5.97. The summed E-state index contributed by atoms with van der Waals surface area (Å²) in [7, 11) is 1.66. The number of tetrazole rings is 1. The molecule has 2 heterocycles. The van der Waals surface area contributed by atoms with Crippen LogP contribution >= 0.6 is 23.1 Å². The SMILES string of the molecule is COc1cc2c(SC3CCCCC3)c(OC(=O)Nc3nn[nH]n3)sc2cc1COCc1ccccc1. The van der Waals surface area contributed by atoms with Crippen molar-refractivity contribution in [3.05, 3.63) is 53.6 Å². The molecule has 1 saturated carbocycles. The molecule has 2 aromatic heterocycles. The first-order valence-corrected chi connectivity index (χ1v) is 13.5. The number of methoxy groups -OCH3 is 1. The summed E-state index contributed by atoms with van der Waals surface area (Å²) in [5.41, 5.74) is 2.06. The Kier molecular flexibility index (Phi) is 7.99. The molecule has 0 atom stereocenters. The molecule has 0 unspecified atom stereocenters. The van der Waals surface area contributed by atoms with Gasteiger partial charge in [-0.3, -0.25) is 5.32 Å². The summed E-state index contributed by atoms with van der Waals surface area (Å²) in [5, 5.41) is 17.8. The summed E-state index contributed by atoms with van der Waals surface area (Å²) >= 11 is 3.22. The van der Waals surface area contributed by atoms with E-state index in [-0.39, 0.29) is 5.95 Å². The fourth-order valence-corrected chi connectivity index (χ4v) is 6.88. The number of H-pyrrole nitrogens is 1. The highest BCUT2D eigenvalue weighted by Gasteiger charge is 2.24. The number of ether oxygens (including phenoxy) is 3. The number of thiophene rings is 1. The first-order chi connectivity index (χ1) is 17.7. The van der Waals surface area contributed by atoms with Gasteiger partial charge in [0.15, 0.2) is 0 Å². The molecule has 1 aliphatic carbocycles. The lowest BCUT2D eigenvalue weighted by Gasteiger charge is -2.21. The normalized spacial score (nSPS) is 14.1. The quantitative estimate of drug-likeness (QED) is 0.267. The molecule has 36 heavy (non-hydrogen) atoms. The van der Waals surface area contributed by atoms with E-state index >= 15 is 0 Å². The Morgan fingerprint density at radius 2 is 2.00 bits per heavy atom. The standard InChI is InChI=1S/C25H27N5O4S2/c1-32-20-13-19-21(12-17(20)15-33-14-16-8-4-2-5-9-16)36-23(22(19)35-18-10-6-3-7-11-18)34-25(31)26-24-27-29-30-28-24/h2,4-5,8-9,12-13,18H,3,6-7,10-11,14-15H2,1H3,(H2,26,27,28,29,30,31). The van der Waals surface area contributed by atoms with Crippen LogP contribution < -0.4 is 14.8 Å². The molecule has 4 aromatic rings. The van der Waals surface area contributed by atoms with Crippen LogP contribution in [-0.4, -0.2) is 39.1 Å². The molecule has 1 amide bonds. The summed E-state index contributed by atoms with van der Waals surface area (Å²) in [6, 6.07) is 14.2. The van der Waals surface area contributed by atoms with Gasteiger partial charge in [-0.15, -0.1) is 16.9 Å². The molecule has 0 saturated heterocycles. The number of fused-ring (bicyclic) bond motifs is 1. The van der Waals surface area contributed by atoms with Gasteiger partial charge in [0.05, 0.1) is 25.2 Å². The van der Waals surface area contributed by atoms with Crippen molar-refractivity contribution < 1.29 is 19.0 Å². The van der Waals surface area contributed by atoms with Gasteiger partial charge in [0.25, 0.3) is 5.95 Å². The Hall–Kier alpha value is -3.15.